The Morgan fingerprint density at radius 1 is 1.00 bits per heavy atom. The van der Waals surface area contributed by atoms with Gasteiger partial charge in [0.15, 0.2) is 11.5 Å². The summed E-state index contributed by atoms with van der Waals surface area (Å²) in [6.45, 7) is 1.46. The Hall–Kier alpha value is -1.15. The fourth-order valence-corrected chi connectivity index (χ4v) is 2.95. The lowest BCUT2D eigenvalue weighted by molar-refractivity contribution is 0.297. The molecule has 0 saturated carbocycles. The van der Waals surface area contributed by atoms with Crippen LogP contribution in [-0.4, -0.2) is 18.6 Å². The lowest BCUT2D eigenvalue weighted by Crippen LogP contribution is -1.97. The third-order valence-corrected chi connectivity index (χ3v) is 4.02. The van der Waals surface area contributed by atoms with E-state index in [1.807, 2.05) is 6.07 Å². The maximum atomic E-state index is 6.30. The number of fused-ring (bicyclic) bond motifs is 1. The minimum absolute atomic E-state index is 0.161. The average molecular weight is 279 g/mol. The van der Waals surface area contributed by atoms with E-state index < -0.39 is 0 Å². The Morgan fingerprint density at radius 2 is 1.84 bits per heavy atom. The van der Waals surface area contributed by atoms with Crippen LogP contribution in [0.15, 0.2) is 24.3 Å². The number of benzene rings is 1. The van der Waals surface area contributed by atoms with Crippen LogP contribution < -0.4 is 9.47 Å². The Kier molecular flexibility index (Phi) is 3.97. The second-order valence-electron chi connectivity index (χ2n) is 5.17. The fraction of sp³-hybridized carbons (Fsp3) is 0.500. The zero-order chi connectivity index (χ0) is 13.1. The lowest BCUT2D eigenvalue weighted by atomic mass is 10.0. The maximum Gasteiger partial charge on any atom is 0.161 e. The van der Waals surface area contributed by atoms with Crippen LogP contribution >= 0.6 is 11.6 Å². The lowest BCUT2D eigenvalue weighted by Gasteiger charge is -2.11. The number of rotatable bonds is 1. The van der Waals surface area contributed by atoms with Crippen molar-refractivity contribution in [2.75, 3.05) is 13.2 Å². The molecule has 0 aromatic heterocycles. The predicted octanol–water partition coefficient (Wildman–Crippen LogP) is 4.41. The largest absolute Gasteiger partial charge is 0.490 e. The quantitative estimate of drug-likeness (QED) is 0.708. The van der Waals surface area contributed by atoms with Gasteiger partial charge in [-0.05, 0) is 42.5 Å². The zero-order valence-corrected chi connectivity index (χ0v) is 11.8. The number of ether oxygens (including phenoxy) is 2. The van der Waals surface area contributed by atoms with Crippen molar-refractivity contribution in [3.8, 4) is 11.5 Å². The molecule has 0 amide bonds. The van der Waals surface area contributed by atoms with Gasteiger partial charge >= 0.3 is 0 Å². The highest BCUT2D eigenvalue weighted by Crippen LogP contribution is 2.35. The van der Waals surface area contributed by atoms with Gasteiger partial charge in [0.05, 0.1) is 18.6 Å². The first-order valence-electron chi connectivity index (χ1n) is 7.08. The fourth-order valence-electron chi connectivity index (χ4n) is 2.64. The van der Waals surface area contributed by atoms with Crippen molar-refractivity contribution in [1.82, 2.24) is 0 Å². The second-order valence-corrected chi connectivity index (χ2v) is 5.73. The Labute approximate surface area is 119 Å². The molecule has 1 aliphatic heterocycles. The monoisotopic (exact) mass is 278 g/mol. The van der Waals surface area contributed by atoms with Crippen LogP contribution in [0.25, 0.3) is 5.57 Å². The molecule has 0 N–H and O–H groups in total. The molecule has 0 bridgehead atoms. The van der Waals surface area contributed by atoms with E-state index in [1.54, 1.807) is 0 Å². The summed E-state index contributed by atoms with van der Waals surface area (Å²) in [5.41, 5.74) is 2.56. The van der Waals surface area contributed by atoms with E-state index in [-0.39, 0.29) is 5.38 Å². The molecular formula is C16H19ClO2. The Balaban J connectivity index is 1.90. The highest BCUT2D eigenvalue weighted by molar-refractivity contribution is 6.22. The molecule has 102 valence electrons. The van der Waals surface area contributed by atoms with Crippen molar-refractivity contribution in [3.05, 3.63) is 29.8 Å². The van der Waals surface area contributed by atoms with Crippen LogP contribution in [-0.2, 0) is 0 Å². The molecule has 3 rings (SSSR count). The van der Waals surface area contributed by atoms with E-state index in [0.717, 1.165) is 44.0 Å². The number of alkyl halides is 1. The minimum Gasteiger partial charge on any atom is -0.490 e. The summed E-state index contributed by atoms with van der Waals surface area (Å²) in [6, 6.07) is 6.24. The molecule has 1 aromatic carbocycles. The van der Waals surface area contributed by atoms with Crippen LogP contribution in [0.2, 0.25) is 0 Å². The molecule has 0 saturated heterocycles. The van der Waals surface area contributed by atoms with Crippen LogP contribution in [0.3, 0.4) is 0 Å². The Bertz CT molecular complexity index is 482. The maximum absolute atomic E-state index is 6.30. The van der Waals surface area contributed by atoms with Gasteiger partial charge < -0.3 is 9.47 Å². The first-order valence-corrected chi connectivity index (χ1v) is 7.51. The molecule has 0 spiro atoms. The highest BCUT2D eigenvalue weighted by atomic mass is 35.5. The van der Waals surface area contributed by atoms with Crippen molar-refractivity contribution >= 4 is 17.2 Å². The van der Waals surface area contributed by atoms with Crippen molar-refractivity contribution in [3.63, 3.8) is 0 Å². The number of hydrogen-bond donors (Lipinski definition) is 0. The molecule has 2 aliphatic rings. The molecule has 1 aromatic rings. The SMILES string of the molecule is ClC1C=C(c2ccc3c(c2)OCCCO3)CCCC1. The summed E-state index contributed by atoms with van der Waals surface area (Å²) in [5, 5.41) is 0.161. The van der Waals surface area contributed by atoms with Crippen molar-refractivity contribution in [2.24, 2.45) is 0 Å². The summed E-state index contributed by atoms with van der Waals surface area (Å²) in [4.78, 5) is 0. The Morgan fingerprint density at radius 3 is 2.74 bits per heavy atom. The van der Waals surface area contributed by atoms with Gasteiger partial charge in [-0.15, -0.1) is 11.6 Å². The molecule has 2 nitrogen and oxygen atoms in total. The highest BCUT2D eigenvalue weighted by Gasteiger charge is 2.15. The third kappa shape index (κ3) is 3.06. The van der Waals surface area contributed by atoms with Gasteiger partial charge in [-0.1, -0.05) is 18.6 Å². The van der Waals surface area contributed by atoms with E-state index in [9.17, 15) is 0 Å². The van der Waals surface area contributed by atoms with Crippen LogP contribution in [0.1, 0.15) is 37.7 Å². The molecule has 1 heterocycles. The van der Waals surface area contributed by atoms with Crippen molar-refractivity contribution in [1.29, 1.82) is 0 Å². The molecule has 3 heteroatoms. The van der Waals surface area contributed by atoms with Gasteiger partial charge in [-0.25, -0.2) is 0 Å². The van der Waals surface area contributed by atoms with Crippen molar-refractivity contribution in [2.45, 2.75) is 37.5 Å². The summed E-state index contributed by atoms with van der Waals surface area (Å²) in [5.74, 6) is 1.73. The second kappa shape index (κ2) is 5.87. The van der Waals surface area contributed by atoms with Gasteiger partial charge in [-0.3, -0.25) is 0 Å². The molecule has 1 atom stereocenters. The smallest absolute Gasteiger partial charge is 0.161 e. The number of hydrogen-bond acceptors (Lipinski definition) is 2. The zero-order valence-electron chi connectivity index (χ0n) is 11.0. The normalized spacial score (nSPS) is 23.2. The topological polar surface area (TPSA) is 18.5 Å². The van der Waals surface area contributed by atoms with Crippen LogP contribution in [0.4, 0.5) is 0 Å². The van der Waals surface area contributed by atoms with Crippen LogP contribution in [0, 0.1) is 0 Å². The predicted molar refractivity (Wildman–Crippen MR) is 78.1 cm³/mol. The average Bonchev–Trinajstić information content (AvgIpc) is 2.77. The van der Waals surface area contributed by atoms with E-state index in [0.29, 0.717) is 0 Å². The van der Waals surface area contributed by atoms with Crippen LogP contribution in [0.5, 0.6) is 11.5 Å². The molecule has 19 heavy (non-hydrogen) atoms. The summed E-state index contributed by atoms with van der Waals surface area (Å²) >= 11 is 6.30. The van der Waals surface area contributed by atoms with Crippen molar-refractivity contribution < 1.29 is 9.47 Å². The molecular weight excluding hydrogens is 260 g/mol. The molecule has 0 fully saturated rings. The van der Waals surface area contributed by atoms with E-state index >= 15 is 0 Å². The van der Waals surface area contributed by atoms with Gasteiger partial charge in [0.2, 0.25) is 0 Å². The number of allylic oxidation sites excluding steroid dienone is 2. The van der Waals surface area contributed by atoms with Gasteiger partial charge in [0.25, 0.3) is 0 Å². The summed E-state index contributed by atoms with van der Waals surface area (Å²) in [7, 11) is 0. The third-order valence-electron chi connectivity index (χ3n) is 3.68. The minimum atomic E-state index is 0.161. The van der Waals surface area contributed by atoms with E-state index in [1.165, 1.54) is 24.0 Å². The standard InChI is InChI=1S/C16H19ClO2/c17-14-5-2-1-4-12(10-14)13-6-7-15-16(11-13)19-9-3-8-18-15/h6-7,10-11,14H,1-5,8-9H2. The molecule has 1 aliphatic carbocycles. The van der Waals surface area contributed by atoms with E-state index in [4.69, 9.17) is 21.1 Å². The molecule has 0 radical (unpaired) electrons. The summed E-state index contributed by atoms with van der Waals surface area (Å²) in [6.07, 6.45) is 7.74. The summed E-state index contributed by atoms with van der Waals surface area (Å²) < 4.78 is 11.4. The first kappa shape index (κ1) is 12.9. The molecule has 1 unspecified atom stereocenters. The number of halogens is 1. The first-order chi connectivity index (χ1) is 9.33. The van der Waals surface area contributed by atoms with E-state index in [2.05, 4.69) is 18.2 Å². The van der Waals surface area contributed by atoms with Gasteiger partial charge in [-0.2, -0.15) is 0 Å². The van der Waals surface area contributed by atoms with Gasteiger partial charge in [0, 0.05) is 6.42 Å². The van der Waals surface area contributed by atoms with Gasteiger partial charge in [0.1, 0.15) is 0 Å².